The maximum absolute atomic E-state index is 8.93. The predicted molar refractivity (Wildman–Crippen MR) is 70.0 cm³/mol. The van der Waals surface area contributed by atoms with E-state index >= 15 is 0 Å². The predicted octanol–water partition coefficient (Wildman–Crippen LogP) is 2.38. The molecule has 0 atom stereocenters. The Labute approximate surface area is 104 Å². The van der Waals surface area contributed by atoms with Crippen molar-refractivity contribution in [2.45, 2.75) is 46.1 Å². The molecule has 0 aliphatic heterocycles. The summed E-state index contributed by atoms with van der Waals surface area (Å²) in [4.78, 5) is 10.8. The van der Waals surface area contributed by atoms with Gasteiger partial charge >= 0.3 is 0 Å². The van der Waals surface area contributed by atoms with E-state index in [0.717, 1.165) is 18.9 Å². The minimum atomic E-state index is -0.0444. The van der Waals surface area contributed by atoms with Gasteiger partial charge in [-0.2, -0.15) is 0 Å². The van der Waals surface area contributed by atoms with Crippen molar-refractivity contribution in [3.05, 3.63) is 18.1 Å². The molecular formula is C13H23N3O. The van der Waals surface area contributed by atoms with Gasteiger partial charge in [-0.25, -0.2) is 4.98 Å². The van der Waals surface area contributed by atoms with Crippen molar-refractivity contribution < 1.29 is 5.11 Å². The summed E-state index contributed by atoms with van der Waals surface area (Å²) in [6.07, 6.45) is 8.13. The molecule has 0 amide bonds. The second-order valence-electron chi connectivity index (χ2n) is 4.22. The third-order valence-electron chi connectivity index (χ3n) is 2.74. The van der Waals surface area contributed by atoms with E-state index in [1.54, 1.807) is 12.4 Å². The molecule has 17 heavy (non-hydrogen) atoms. The lowest BCUT2D eigenvalue weighted by Crippen LogP contribution is -2.26. The number of aliphatic hydroxyl groups is 1. The number of rotatable bonds is 8. The zero-order chi connectivity index (χ0) is 12.5. The minimum absolute atomic E-state index is 0.0444. The highest BCUT2D eigenvalue weighted by atomic mass is 16.3. The smallest absolute Gasteiger partial charge is 0.147 e. The normalized spacial score (nSPS) is 10.5. The number of unbranched alkanes of at least 4 members (excludes halogenated alkanes) is 2. The van der Waals surface area contributed by atoms with E-state index in [-0.39, 0.29) is 6.61 Å². The van der Waals surface area contributed by atoms with Crippen LogP contribution in [0.3, 0.4) is 0 Å². The molecule has 0 aliphatic rings. The molecule has 4 nitrogen and oxygen atoms in total. The van der Waals surface area contributed by atoms with E-state index in [1.807, 2.05) is 0 Å². The van der Waals surface area contributed by atoms with Gasteiger partial charge in [0, 0.05) is 13.1 Å². The molecular weight excluding hydrogens is 214 g/mol. The highest BCUT2D eigenvalue weighted by molar-refractivity contribution is 5.35. The molecule has 0 bridgehead atoms. The Morgan fingerprint density at radius 3 is 2.12 bits per heavy atom. The first-order valence-corrected chi connectivity index (χ1v) is 6.48. The maximum atomic E-state index is 8.93. The quantitative estimate of drug-likeness (QED) is 0.754. The second kappa shape index (κ2) is 8.01. The topological polar surface area (TPSA) is 49.2 Å². The molecule has 0 saturated carbocycles. The number of aliphatic hydroxyl groups excluding tert-OH is 1. The van der Waals surface area contributed by atoms with Gasteiger partial charge < -0.3 is 10.0 Å². The van der Waals surface area contributed by atoms with Crippen LogP contribution in [0.2, 0.25) is 0 Å². The van der Waals surface area contributed by atoms with E-state index in [4.69, 9.17) is 5.11 Å². The molecule has 0 spiro atoms. The van der Waals surface area contributed by atoms with Crippen LogP contribution < -0.4 is 4.90 Å². The SMILES string of the molecule is CCCCN(CCCC)c1cnc(CO)cn1. The molecule has 0 aliphatic carbocycles. The zero-order valence-electron chi connectivity index (χ0n) is 10.9. The van der Waals surface area contributed by atoms with Crippen molar-refractivity contribution in [2.75, 3.05) is 18.0 Å². The van der Waals surface area contributed by atoms with Crippen LogP contribution in [0.25, 0.3) is 0 Å². The van der Waals surface area contributed by atoms with E-state index < -0.39 is 0 Å². The third-order valence-corrected chi connectivity index (χ3v) is 2.74. The number of hydrogen-bond acceptors (Lipinski definition) is 4. The maximum Gasteiger partial charge on any atom is 0.147 e. The Bertz CT molecular complexity index is 292. The van der Waals surface area contributed by atoms with E-state index in [0.29, 0.717) is 5.69 Å². The first-order valence-electron chi connectivity index (χ1n) is 6.48. The van der Waals surface area contributed by atoms with Gasteiger partial charge in [0.15, 0.2) is 0 Å². The summed E-state index contributed by atoms with van der Waals surface area (Å²) < 4.78 is 0. The fourth-order valence-corrected chi connectivity index (χ4v) is 1.63. The first kappa shape index (κ1) is 13.9. The lowest BCUT2D eigenvalue weighted by molar-refractivity contribution is 0.276. The third kappa shape index (κ3) is 4.69. The summed E-state index contributed by atoms with van der Waals surface area (Å²) in [6, 6.07) is 0. The highest BCUT2D eigenvalue weighted by Crippen LogP contribution is 2.11. The second-order valence-corrected chi connectivity index (χ2v) is 4.22. The molecule has 0 saturated heterocycles. The Balaban J connectivity index is 2.65. The number of anilines is 1. The minimum Gasteiger partial charge on any atom is -0.390 e. The van der Waals surface area contributed by atoms with Gasteiger partial charge in [-0.3, -0.25) is 4.98 Å². The first-order chi connectivity index (χ1) is 8.31. The van der Waals surface area contributed by atoms with Crippen molar-refractivity contribution in [2.24, 2.45) is 0 Å². The lowest BCUT2D eigenvalue weighted by Gasteiger charge is -2.23. The number of hydrogen-bond donors (Lipinski definition) is 1. The van der Waals surface area contributed by atoms with Crippen molar-refractivity contribution in [1.29, 1.82) is 0 Å². The van der Waals surface area contributed by atoms with Crippen LogP contribution in [0.4, 0.5) is 5.82 Å². The van der Waals surface area contributed by atoms with E-state index in [9.17, 15) is 0 Å². The van der Waals surface area contributed by atoms with Gasteiger partial charge in [0.05, 0.1) is 24.7 Å². The Morgan fingerprint density at radius 1 is 1.06 bits per heavy atom. The number of aromatic nitrogens is 2. The van der Waals surface area contributed by atoms with E-state index in [2.05, 4.69) is 28.7 Å². The van der Waals surface area contributed by atoms with E-state index in [1.165, 1.54) is 25.7 Å². The van der Waals surface area contributed by atoms with Gasteiger partial charge in [0.25, 0.3) is 0 Å². The van der Waals surface area contributed by atoms with Gasteiger partial charge in [-0.15, -0.1) is 0 Å². The van der Waals surface area contributed by atoms with Gasteiger partial charge in [-0.05, 0) is 12.8 Å². The number of nitrogens with zero attached hydrogens (tertiary/aromatic N) is 3. The van der Waals surface area contributed by atoms with Crippen LogP contribution in [0.1, 0.15) is 45.2 Å². The standard InChI is InChI=1S/C13H23N3O/c1-3-5-7-16(8-6-4-2)13-10-14-12(11-17)9-15-13/h9-10,17H,3-8,11H2,1-2H3. The molecule has 1 aromatic rings. The summed E-state index contributed by atoms with van der Waals surface area (Å²) in [5.41, 5.74) is 0.625. The monoisotopic (exact) mass is 237 g/mol. The molecule has 0 fully saturated rings. The van der Waals surface area contributed by atoms with Crippen LogP contribution >= 0.6 is 0 Å². The summed E-state index contributed by atoms with van der Waals surface area (Å²) in [5, 5.41) is 8.93. The zero-order valence-corrected chi connectivity index (χ0v) is 10.9. The summed E-state index contributed by atoms with van der Waals surface area (Å²) in [7, 11) is 0. The molecule has 4 heteroatoms. The summed E-state index contributed by atoms with van der Waals surface area (Å²) in [5.74, 6) is 0.920. The van der Waals surface area contributed by atoms with Crippen LogP contribution in [0.5, 0.6) is 0 Å². The molecule has 1 rings (SSSR count). The Kier molecular flexibility index (Phi) is 6.55. The fourth-order valence-electron chi connectivity index (χ4n) is 1.63. The average molecular weight is 237 g/mol. The van der Waals surface area contributed by atoms with Gasteiger partial charge in [0.1, 0.15) is 5.82 Å². The van der Waals surface area contributed by atoms with Crippen molar-refractivity contribution in [3.63, 3.8) is 0 Å². The van der Waals surface area contributed by atoms with Crippen LogP contribution in [0.15, 0.2) is 12.4 Å². The average Bonchev–Trinajstić information content (AvgIpc) is 2.39. The lowest BCUT2D eigenvalue weighted by atomic mass is 10.2. The molecule has 1 heterocycles. The molecule has 0 unspecified atom stereocenters. The Hall–Kier alpha value is -1.16. The molecule has 0 radical (unpaired) electrons. The fraction of sp³-hybridized carbons (Fsp3) is 0.692. The summed E-state index contributed by atoms with van der Waals surface area (Å²) >= 11 is 0. The van der Waals surface area contributed by atoms with Gasteiger partial charge in [0.2, 0.25) is 0 Å². The Morgan fingerprint density at radius 2 is 1.71 bits per heavy atom. The molecule has 1 aromatic heterocycles. The summed E-state index contributed by atoms with van der Waals surface area (Å²) in [6.45, 7) is 6.40. The van der Waals surface area contributed by atoms with Crippen molar-refractivity contribution >= 4 is 5.82 Å². The molecule has 96 valence electrons. The van der Waals surface area contributed by atoms with Crippen LogP contribution in [0, 0.1) is 0 Å². The largest absolute Gasteiger partial charge is 0.390 e. The highest BCUT2D eigenvalue weighted by Gasteiger charge is 2.07. The van der Waals surface area contributed by atoms with Crippen LogP contribution in [-0.4, -0.2) is 28.2 Å². The van der Waals surface area contributed by atoms with Crippen LogP contribution in [-0.2, 0) is 6.61 Å². The van der Waals surface area contributed by atoms with Crippen molar-refractivity contribution in [3.8, 4) is 0 Å². The molecule has 1 N–H and O–H groups in total. The molecule has 0 aromatic carbocycles. The van der Waals surface area contributed by atoms with Crippen molar-refractivity contribution in [1.82, 2.24) is 9.97 Å². The van der Waals surface area contributed by atoms with Gasteiger partial charge in [-0.1, -0.05) is 26.7 Å².